The van der Waals surface area contributed by atoms with E-state index in [9.17, 15) is 14.4 Å². The molecule has 0 unspecified atom stereocenters. The maximum absolute atomic E-state index is 12.7. The molecule has 0 spiro atoms. The highest BCUT2D eigenvalue weighted by atomic mass is 35.5. The quantitative estimate of drug-likeness (QED) is 0.573. The van der Waals surface area contributed by atoms with E-state index in [1.165, 1.54) is 12.6 Å². The van der Waals surface area contributed by atoms with E-state index in [4.69, 9.17) is 17.3 Å². The molecule has 2 bridgehead atoms. The van der Waals surface area contributed by atoms with Crippen LogP contribution in [0.3, 0.4) is 0 Å². The lowest BCUT2D eigenvalue weighted by atomic mass is 9.45. The Kier molecular flexibility index (Phi) is 6.22. The van der Waals surface area contributed by atoms with Crippen LogP contribution in [-0.2, 0) is 17.9 Å². The first-order chi connectivity index (χ1) is 15.6. The Hall–Kier alpha value is -2.87. The molecule has 3 aliphatic carbocycles. The van der Waals surface area contributed by atoms with Crippen molar-refractivity contribution in [2.45, 2.75) is 52.7 Å². The van der Waals surface area contributed by atoms with Crippen LogP contribution in [0.15, 0.2) is 35.3 Å². The molecule has 9 heteroatoms. The lowest BCUT2D eigenvalue weighted by molar-refractivity contribution is -0.122. The number of primary amides is 1. The summed E-state index contributed by atoms with van der Waals surface area (Å²) < 4.78 is 1.05. The Morgan fingerprint density at radius 1 is 1.30 bits per heavy atom. The second-order valence-electron chi connectivity index (χ2n) is 9.88. The van der Waals surface area contributed by atoms with Crippen molar-refractivity contribution in [1.82, 2.24) is 15.1 Å². The number of fused-ring (bicyclic) bond motifs is 2. The van der Waals surface area contributed by atoms with Crippen LogP contribution in [-0.4, -0.2) is 27.6 Å². The van der Waals surface area contributed by atoms with Crippen molar-refractivity contribution in [3.63, 3.8) is 0 Å². The molecule has 3 fully saturated rings. The third-order valence-corrected chi connectivity index (χ3v) is 8.04. The van der Waals surface area contributed by atoms with Crippen LogP contribution in [0.4, 0.5) is 5.69 Å². The van der Waals surface area contributed by atoms with Gasteiger partial charge in [-0.25, -0.2) is 4.68 Å². The van der Waals surface area contributed by atoms with Crippen LogP contribution in [0.5, 0.6) is 0 Å². The summed E-state index contributed by atoms with van der Waals surface area (Å²) in [4.78, 5) is 36.4. The monoisotopic (exact) mass is 471 g/mol. The van der Waals surface area contributed by atoms with Crippen molar-refractivity contribution in [1.29, 1.82) is 0 Å². The van der Waals surface area contributed by atoms with Gasteiger partial charge in [0.1, 0.15) is 11.6 Å². The van der Waals surface area contributed by atoms with Crippen LogP contribution in [0.25, 0.3) is 0 Å². The van der Waals surface area contributed by atoms with E-state index in [1.807, 2.05) is 0 Å². The Bertz CT molecular complexity index is 1150. The van der Waals surface area contributed by atoms with Gasteiger partial charge in [0.15, 0.2) is 0 Å². The maximum Gasteiger partial charge on any atom is 0.288 e. The first-order valence-electron chi connectivity index (χ1n) is 11.3. The number of carbonyl (C=O) groups is 2. The number of hydrogen-bond acceptors (Lipinski definition) is 5. The van der Waals surface area contributed by atoms with Crippen molar-refractivity contribution >= 4 is 29.1 Å². The van der Waals surface area contributed by atoms with Crippen LogP contribution in [0.1, 0.15) is 49.5 Å². The van der Waals surface area contributed by atoms with Gasteiger partial charge in [-0.1, -0.05) is 44.5 Å². The summed E-state index contributed by atoms with van der Waals surface area (Å²) in [7, 11) is 0. The second-order valence-corrected chi connectivity index (χ2v) is 10.3. The average molecular weight is 472 g/mol. The number of rotatable bonds is 7. The van der Waals surface area contributed by atoms with Gasteiger partial charge in [0.2, 0.25) is 11.8 Å². The van der Waals surface area contributed by atoms with Gasteiger partial charge in [-0.05, 0) is 53.7 Å². The fourth-order valence-electron chi connectivity index (χ4n) is 5.45. The second kappa shape index (κ2) is 8.82. The topological polar surface area (TPSA) is 119 Å². The molecule has 0 radical (unpaired) electrons. The fourth-order valence-corrected chi connectivity index (χ4v) is 5.65. The molecule has 4 atom stereocenters. The zero-order chi connectivity index (χ0) is 23.9. The van der Waals surface area contributed by atoms with E-state index in [1.54, 1.807) is 24.3 Å². The van der Waals surface area contributed by atoms with Crippen LogP contribution >= 0.6 is 11.6 Å². The number of amides is 2. The predicted octanol–water partition coefficient (Wildman–Crippen LogP) is 2.79. The first-order valence-corrected chi connectivity index (χ1v) is 11.6. The maximum atomic E-state index is 12.7. The van der Waals surface area contributed by atoms with Gasteiger partial charge in [-0.2, -0.15) is 5.10 Å². The Morgan fingerprint density at radius 3 is 2.73 bits per heavy atom. The summed E-state index contributed by atoms with van der Waals surface area (Å²) in [6.07, 6.45) is 3.83. The number of anilines is 1. The minimum Gasteiger partial charge on any atom is -0.379 e. The predicted molar refractivity (Wildman–Crippen MR) is 127 cm³/mol. The van der Waals surface area contributed by atoms with Gasteiger partial charge >= 0.3 is 0 Å². The lowest BCUT2D eigenvalue weighted by Crippen LogP contribution is -2.58. The van der Waals surface area contributed by atoms with Crippen molar-refractivity contribution in [2.75, 3.05) is 5.32 Å². The van der Waals surface area contributed by atoms with Gasteiger partial charge in [0.05, 0.1) is 11.9 Å². The zero-order valence-electron chi connectivity index (χ0n) is 19.1. The number of nitrogens with two attached hydrogens (primary N) is 1. The van der Waals surface area contributed by atoms with Gasteiger partial charge in [0, 0.05) is 18.2 Å². The third-order valence-electron chi connectivity index (χ3n) is 7.67. The number of nitrogens with zero attached hydrogens (tertiary/aromatic N) is 2. The number of halogens is 1. The Balaban J connectivity index is 1.37. The summed E-state index contributed by atoms with van der Waals surface area (Å²) in [5, 5.41) is 10.3. The molecule has 4 N–H and O–H groups in total. The zero-order valence-corrected chi connectivity index (χ0v) is 19.9. The van der Waals surface area contributed by atoms with Crippen molar-refractivity contribution in [3.8, 4) is 0 Å². The highest BCUT2D eigenvalue weighted by Gasteiger charge is 2.56. The van der Waals surface area contributed by atoms with E-state index in [0.29, 0.717) is 34.4 Å². The first kappa shape index (κ1) is 23.3. The van der Waals surface area contributed by atoms with E-state index >= 15 is 0 Å². The SMILES string of the molecule is C[C@H]1[C@H](Nc2cnn(CC(=O)NCc3cccc(C(N)=O)c3)c(=O)c2Cl)C[C@H]2C[C@@H]1C2(C)C. The number of carbonyl (C=O) groups excluding carboxylic acids is 2. The van der Waals surface area contributed by atoms with Gasteiger partial charge in [-0.3, -0.25) is 14.4 Å². The highest BCUT2D eigenvalue weighted by molar-refractivity contribution is 6.32. The third kappa shape index (κ3) is 4.49. The van der Waals surface area contributed by atoms with Crippen LogP contribution in [0, 0.1) is 23.2 Å². The minimum absolute atomic E-state index is 0.0395. The molecule has 1 aromatic heterocycles. The minimum atomic E-state index is -0.536. The van der Waals surface area contributed by atoms with Gasteiger partial charge in [-0.15, -0.1) is 0 Å². The number of benzene rings is 1. The van der Waals surface area contributed by atoms with E-state index < -0.39 is 17.4 Å². The fraction of sp³-hybridized carbons (Fsp3) is 0.500. The molecule has 2 amide bonds. The largest absolute Gasteiger partial charge is 0.379 e. The molecule has 3 saturated carbocycles. The number of aromatic nitrogens is 2. The van der Waals surface area contributed by atoms with Crippen LogP contribution < -0.4 is 21.9 Å². The normalized spacial score (nSPS) is 25.1. The van der Waals surface area contributed by atoms with Gasteiger partial charge < -0.3 is 16.4 Å². The van der Waals surface area contributed by atoms with E-state index in [2.05, 4.69) is 36.5 Å². The van der Waals surface area contributed by atoms with E-state index in [0.717, 1.165) is 16.7 Å². The molecule has 8 nitrogen and oxygen atoms in total. The number of nitrogens with one attached hydrogen (secondary N) is 2. The summed E-state index contributed by atoms with van der Waals surface area (Å²) in [5.41, 5.74) is 6.74. The van der Waals surface area contributed by atoms with Crippen LogP contribution in [0.2, 0.25) is 5.02 Å². The lowest BCUT2D eigenvalue weighted by Gasteiger charge is -2.62. The molecule has 1 aromatic carbocycles. The standard InChI is InChI=1S/C24H30ClN5O3/c1-13-17-8-16(24(17,2)3)9-18(13)29-19-11-28-30(23(33)21(19)25)12-20(31)27-10-14-5-4-6-15(7-14)22(26)32/h4-7,11,13,16-18,29H,8-10,12H2,1-3H3,(H2,26,32)(H,27,31)/t13-,16-,17+,18-/m1/s1. The smallest absolute Gasteiger partial charge is 0.288 e. The Morgan fingerprint density at radius 2 is 2.06 bits per heavy atom. The van der Waals surface area contributed by atoms with Crippen molar-refractivity contribution in [3.05, 3.63) is 57.0 Å². The molecule has 0 aliphatic heterocycles. The molecule has 33 heavy (non-hydrogen) atoms. The molecule has 5 rings (SSSR count). The van der Waals surface area contributed by atoms with Crippen molar-refractivity contribution < 1.29 is 9.59 Å². The molecule has 2 aromatic rings. The molecular weight excluding hydrogens is 442 g/mol. The van der Waals surface area contributed by atoms with Gasteiger partial charge in [0.25, 0.3) is 5.56 Å². The molecule has 176 valence electrons. The molecule has 1 heterocycles. The summed E-state index contributed by atoms with van der Waals surface area (Å²) in [6.45, 7) is 6.87. The molecule has 3 aliphatic rings. The summed E-state index contributed by atoms with van der Waals surface area (Å²) in [5.74, 6) is 0.880. The number of hydrogen-bond donors (Lipinski definition) is 3. The molecule has 0 saturated heterocycles. The summed E-state index contributed by atoms with van der Waals surface area (Å²) >= 11 is 6.36. The van der Waals surface area contributed by atoms with Crippen molar-refractivity contribution in [2.24, 2.45) is 28.9 Å². The summed E-state index contributed by atoms with van der Waals surface area (Å²) in [6, 6.07) is 6.92. The molecular formula is C24H30ClN5O3. The van der Waals surface area contributed by atoms with E-state index in [-0.39, 0.29) is 24.2 Å². The average Bonchev–Trinajstić information content (AvgIpc) is 2.78. The highest BCUT2D eigenvalue weighted by Crippen LogP contribution is 2.61. The Labute approximate surface area is 197 Å².